The number of ether oxygens (including phenoxy) is 2. The molecule has 0 radical (unpaired) electrons. The number of nitrogens with one attached hydrogen (secondary N) is 1. The van der Waals surface area contributed by atoms with Gasteiger partial charge in [0.15, 0.2) is 0 Å². The van der Waals surface area contributed by atoms with E-state index in [0.717, 1.165) is 36.8 Å². The number of hydrogen-bond acceptors (Lipinski definition) is 6. The van der Waals surface area contributed by atoms with Crippen molar-refractivity contribution >= 4 is 11.8 Å². The van der Waals surface area contributed by atoms with Gasteiger partial charge >= 0.3 is 0 Å². The smallest absolute Gasteiger partial charge is 0.249 e. The van der Waals surface area contributed by atoms with E-state index in [1.807, 2.05) is 53.5 Å². The monoisotopic (exact) mass is 449 g/mol. The molecule has 1 N–H and O–H groups in total. The van der Waals surface area contributed by atoms with Gasteiger partial charge in [-0.05, 0) is 30.5 Å². The van der Waals surface area contributed by atoms with Crippen LogP contribution < -0.4 is 14.9 Å². The second-order valence-corrected chi connectivity index (χ2v) is 9.14. The fraction of sp³-hybridized carbons (Fsp3) is 0.462. The highest BCUT2D eigenvalue weighted by molar-refractivity contribution is 6.08. The lowest BCUT2D eigenvalue weighted by molar-refractivity contribution is -0.145. The molecule has 5 rings (SSSR count). The molecule has 0 spiro atoms. The van der Waals surface area contributed by atoms with Crippen molar-refractivity contribution in [1.29, 1.82) is 0 Å². The fourth-order valence-electron chi connectivity index (χ4n) is 5.65. The van der Waals surface area contributed by atoms with Crippen LogP contribution in [-0.2, 0) is 16.1 Å². The number of nitrogens with zero attached hydrogens (tertiary/aromatic N) is 2. The van der Waals surface area contributed by atoms with Crippen molar-refractivity contribution in [1.82, 2.24) is 15.3 Å². The summed E-state index contributed by atoms with van der Waals surface area (Å²) in [6, 6.07) is 14.8. The molecule has 0 aromatic heterocycles. The van der Waals surface area contributed by atoms with Gasteiger partial charge in [-0.1, -0.05) is 49.6 Å². The van der Waals surface area contributed by atoms with E-state index in [-0.39, 0.29) is 23.9 Å². The minimum Gasteiger partial charge on any atom is -0.497 e. The highest BCUT2D eigenvalue weighted by atomic mass is 16.5. The van der Waals surface area contributed by atoms with E-state index < -0.39 is 12.0 Å². The van der Waals surface area contributed by atoms with Gasteiger partial charge in [-0.3, -0.25) is 14.5 Å². The first-order chi connectivity index (χ1) is 16.1. The van der Waals surface area contributed by atoms with Crippen LogP contribution in [0.1, 0.15) is 49.3 Å². The van der Waals surface area contributed by atoms with Crippen molar-refractivity contribution in [2.24, 2.45) is 5.92 Å². The van der Waals surface area contributed by atoms with Gasteiger partial charge in [-0.2, -0.15) is 0 Å². The summed E-state index contributed by atoms with van der Waals surface area (Å²) in [7, 11) is 3.23. The molecular formula is C26H31N3O4. The molecule has 2 heterocycles. The molecule has 1 saturated carbocycles. The lowest BCUT2D eigenvalue weighted by atomic mass is 9.90. The second kappa shape index (κ2) is 9.15. The molecule has 0 unspecified atom stereocenters. The second-order valence-electron chi connectivity index (χ2n) is 9.14. The Hall–Kier alpha value is -2.90. The molecule has 7 nitrogen and oxygen atoms in total. The maximum atomic E-state index is 13.8. The highest BCUT2D eigenvalue weighted by Crippen LogP contribution is 2.45. The summed E-state index contributed by atoms with van der Waals surface area (Å²) in [5, 5.41) is 1.96. The maximum Gasteiger partial charge on any atom is 0.249 e. The number of rotatable bonds is 6. The summed E-state index contributed by atoms with van der Waals surface area (Å²) in [5.74, 6) is 0.691. The predicted molar refractivity (Wildman–Crippen MR) is 123 cm³/mol. The number of imide groups is 1. The Morgan fingerprint density at radius 2 is 1.70 bits per heavy atom. The van der Waals surface area contributed by atoms with E-state index in [2.05, 4.69) is 5.43 Å². The number of hydrogen-bond donors (Lipinski definition) is 1. The number of benzene rings is 2. The Labute approximate surface area is 194 Å². The van der Waals surface area contributed by atoms with E-state index in [1.54, 1.807) is 19.1 Å². The van der Waals surface area contributed by atoms with E-state index in [1.165, 1.54) is 6.42 Å². The summed E-state index contributed by atoms with van der Waals surface area (Å²) in [4.78, 5) is 29.1. The first-order valence-electron chi connectivity index (χ1n) is 11.8. The third-order valence-corrected chi connectivity index (χ3v) is 7.26. The number of carbonyl (C=O) groups is 2. The van der Waals surface area contributed by atoms with Crippen LogP contribution in [-0.4, -0.2) is 48.0 Å². The number of likely N-dealkylation sites (tertiary alicyclic amines) is 1. The molecule has 3 atom stereocenters. The van der Waals surface area contributed by atoms with Gasteiger partial charge in [0.05, 0.1) is 26.2 Å². The van der Waals surface area contributed by atoms with Crippen molar-refractivity contribution in [2.75, 3.05) is 14.2 Å². The third kappa shape index (κ3) is 3.89. The van der Waals surface area contributed by atoms with Crippen LogP contribution in [0.25, 0.3) is 0 Å². The van der Waals surface area contributed by atoms with E-state index in [0.29, 0.717) is 18.0 Å². The average molecular weight is 450 g/mol. The molecule has 3 aliphatic rings. The molecule has 2 aromatic rings. The van der Waals surface area contributed by atoms with Crippen LogP contribution in [0.4, 0.5) is 0 Å². The third-order valence-electron chi connectivity index (χ3n) is 7.26. The van der Waals surface area contributed by atoms with Crippen molar-refractivity contribution in [3.05, 3.63) is 59.7 Å². The van der Waals surface area contributed by atoms with E-state index in [4.69, 9.17) is 9.47 Å². The zero-order valence-electron chi connectivity index (χ0n) is 19.2. The largest absolute Gasteiger partial charge is 0.497 e. The van der Waals surface area contributed by atoms with E-state index >= 15 is 0 Å². The van der Waals surface area contributed by atoms with Gasteiger partial charge in [0.25, 0.3) is 0 Å². The molecule has 2 saturated heterocycles. The molecule has 33 heavy (non-hydrogen) atoms. The molecule has 174 valence electrons. The Balaban J connectivity index is 1.52. The number of fused-ring (bicyclic) bond motifs is 1. The molecule has 0 bridgehead atoms. The van der Waals surface area contributed by atoms with Gasteiger partial charge in [0.1, 0.15) is 17.5 Å². The van der Waals surface area contributed by atoms with Crippen LogP contribution in [0.2, 0.25) is 0 Å². The van der Waals surface area contributed by atoms with Gasteiger partial charge in [-0.25, -0.2) is 10.4 Å². The lowest BCUT2D eigenvalue weighted by Crippen LogP contribution is -2.48. The molecule has 2 amide bonds. The molecule has 2 aromatic carbocycles. The Kier molecular flexibility index (Phi) is 6.08. The highest BCUT2D eigenvalue weighted by Gasteiger charge is 2.60. The SMILES string of the molecule is COc1ccc([C@@H]2NN(Cc3ccccc3)[C@@H]3C(=O)N(C4CCCCC4)C(=O)[C@H]32)c(OC)c1. The topological polar surface area (TPSA) is 71.1 Å². The van der Waals surface area contributed by atoms with Crippen LogP contribution in [0.5, 0.6) is 11.5 Å². The Morgan fingerprint density at radius 1 is 0.939 bits per heavy atom. The van der Waals surface area contributed by atoms with Gasteiger partial charge < -0.3 is 9.47 Å². The fourth-order valence-corrected chi connectivity index (χ4v) is 5.65. The van der Waals surface area contributed by atoms with Gasteiger partial charge in [-0.15, -0.1) is 0 Å². The Morgan fingerprint density at radius 3 is 2.39 bits per heavy atom. The van der Waals surface area contributed by atoms with Crippen LogP contribution in [0.3, 0.4) is 0 Å². The van der Waals surface area contributed by atoms with Crippen molar-refractivity contribution in [3.8, 4) is 11.5 Å². The maximum absolute atomic E-state index is 13.8. The average Bonchev–Trinajstić information content (AvgIpc) is 3.35. The van der Waals surface area contributed by atoms with Crippen LogP contribution in [0.15, 0.2) is 48.5 Å². The van der Waals surface area contributed by atoms with Crippen LogP contribution >= 0.6 is 0 Å². The first kappa shape index (κ1) is 21.9. The molecular weight excluding hydrogens is 418 g/mol. The zero-order valence-corrected chi connectivity index (χ0v) is 19.2. The van der Waals surface area contributed by atoms with Gasteiger partial charge in [0, 0.05) is 24.2 Å². The van der Waals surface area contributed by atoms with Crippen molar-refractivity contribution < 1.29 is 19.1 Å². The van der Waals surface area contributed by atoms with Crippen molar-refractivity contribution in [3.63, 3.8) is 0 Å². The number of carbonyl (C=O) groups excluding carboxylic acids is 2. The van der Waals surface area contributed by atoms with Crippen molar-refractivity contribution in [2.45, 2.75) is 56.8 Å². The van der Waals surface area contributed by atoms with Gasteiger partial charge in [0.2, 0.25) is 11.8 Å². The minimum atomic E-state index is -0.531. The molecule has 1 aliphatic carbocycles. The number of hydrazine groups is 1. The summed E-state index contributed by atoms with van der Waals surface area (Å²) in [6.45, 7) is 0.536. The normalized spacial score (nSPS) is 26.0. The summed E-state index contributed by atoms with van der Waals surface area (Å²) in [6.07, 6.45) is 5.11. The molecule has 2 aliphatic heterocycles. The van der Waals surface area contributed by atoms with E-state index in [9.17, 15) is 9.59 Å². The summed E-state index contributed by atoms with van der Waals surface area (Å²) in [5.41, 5.74) is 5.44. The quantitative estimate of drug-likeness (QED) is 0.681. The Bertz CT molecular complexity index is 1020. The first-order valence-corrected chi connectivity index (χ1v) is 11.8. The summed E-state index contributed by atoms with van der Waals surface area (Å²) < 4.78 is 11.0. The summed E-state index contributed by atoms with van der Waals surface area (Å²) >= 11 is 0. The number of methoxy groups -OCH3 is 2. The predicted octanol–water partition coefficient (Wildman–Crippen LogP) is 3.45. The number of amides is 2. The van der Waals surface area contributed by atoms with Crippen LogP contribution in [0, 0.1) is 5.92 Å². The zero-order chi connectivity index (χ0) is 22.9. The minimum absolute atomic E-state index is 0.0151. The molecule has 3 fully saturated rings. The lowest BCUT2D eigenvalue weighted by Gasteiger charge is -2.32. The molecule has 7 heteroatoms. The standard InChI is InChI=1S/C26H31N3O4/c1-32-19-13-14-20(21(15-19)33-2)23-22-24(28(27-23)16-17-9-5-3-6-10-17)26(31)29(25(22)30)18-11-7-4-8-12-18/h3,5-6,9-10,13-15,18,22-24,27H,4,7-8,11-12,16H2,1-2H3/t22-,23-,24-/m0/s1.